The van der Waals surface area contributed by atoms with Crippen molar-refractivity contribution in [2.45, 2.75) is 0 Å². The quantitative estimate of drug-likeness (QED) is 0.526. The number of H-pyrrole nitrogens is 1. The first kappa shape index (κ1) is 4.65. The highest BCUT2D eigenvalue weighted by atomic mass is 16.5. The normalized spacial score (nSPS) is 7.88. The van der Waals surface area contributed by atoms with Crippen LogP contribution in [0.15, 0.2) is 12.4 Å². The minimum Gasteiger partial charge on any atom is -0.350 e. The van der Waals surface area contributed by atoms with Crippen molar-refractivity contribution in [2.75, 3.05) is 0 Å². The van der Waals surface area contributed by atoms with Crippen molar-refractivity contribution in [1.29, 1.82) is 5.26 Å². The van der Waals surface area contributed by atoms with Crippen LogP contribution in [0.25, 0.3) is 0 Å². The Balaban J connectivity index is 2.67. The number of nitrogens with zero attached hydrogens (tertiary/aromatic N) is 2. The highest BCUT2D eigenvalue weighted by Crippen LogP contribution is 1.95. The lowest BCUT2D eigenvalue weighted by Gasteiger charge is -1.80. The molecule has 1 heterocycles. The van der Waals surface area contributed by atoms with E-state index in [1.165, 1.54) is 12.5 Å². The van der Waals surface area contributed by atoms with Crippen molar-refractivity contribution in [3.63, 3.8) is 0 Å². The summed E-state index contributed by atoms with van der Waals surface area (Å²) in [6.07, 6.45) is 4.56. The number of nitrogens with one attached hydrogen (secondary N) is 1. The monoisotopic (exact) mass is 109 g/mol. The summed E-state index contributed by atoms with van der Waals surface area (Å²) in [4.78, 5) is 6.19. The van der Waals surface area contributed by atoms with Gasteiger partial charge in [-0.1, -0.05) is 0 Å². The maximum atomic E-state index is 7.91. The fourth-order valence-electron chi connectivity index (χ4n) is 0.350. The van der Waals surface area contributed by atoms with E-state index in [2.05, 4.69) is 14.7 Å². The minimum atomic E-state index is 0.229. The molecule has 0 bridgehead atoms. The van der Waals surface area contributed by atoms with E-state index >= 15 is 0 Å². The van der Waals surface area contributed by atoms with E-state index in [1.54, 1.807) is 6.20 Å². The maximum Gasteiger partial charge on any atom is 0.310 e. The molecule has 0 atom stereocenters. The van der Waals surface area contributed by atoms with Gasteiger partial charge in [-0.05, 0) is 0 Å². The Morgan fingerprint density at radius 1 is 1.88 bits per heavy atom. The number of aromatic nitrogens is 2. The molecule has 0 saturated heterocycles. The molecule has 0 aliphatic carbocycles. The lowest BCUT2D eigenvalue weighted by Crippen LogP contribution is -1.81. The lowest BCUT2D eigenvalue weighted by molar-refractivity contribution is 0.470. The third-order valence-electron chi connectivity index (χ3n) is 0.615. The van der Waals surface area contributed by atoms with Crippen molar-refractivity contribution < 1.29 is 4.74 Å². The average Bonchev–Trinajstić information content (AvgIpc) is 2.19. The van der Waals surface area contributed by atoms with Crippen molar-refractivity contribution in [1.82, 2.24) is 9.97 Å². The van der Waals surface area contributed by atoms with E-state index in [-0.39, 0.29) is 6.01 Å². The van der Waals surface area contributed by atoms with Gasteiger partial charge < -0.3 is 9.72 Å². The number of aromatic amines is 1. The standard InChI is InChI=1S/C4H3N3O/c5-3-8-4-6-1-2-7-4/h1-2H,(H,6,7). The minimum absolute atomic E-state index is 0.229. The van der Waals surface area contributed by atoms with Crippen LogP contribution in [0.5, 0.6) is 6.01 Å². The van der Waals surface area contributed by atoms with Crippen LogP contribution < -0.4 is 4.74 Å². The van der Waals surface area contributed by atoms with Crippen molar-refractivity contribution in [2.24, 2.45) is 0 Å². The van der Waals surface area contributed by atoms with Crippen molar-refractivity contribution >= 4 is 0 Å². The van der Waals surface area contributed by atoms with Crippen LogP contribution in [0, 0.1) is 11.5 Å². The van der Waals surface area contributed by atoms with E-state index in [4.69, 9.17) is 5.26 Å². The van der Waals surface area contributed by atoms with E-state index in [0.717, 1.165) is 0 Å². The van der Waals surface area contributed by atoms with Gasteiger partial charge in [0.15, 0.2) is 0 Å². The maximum absolute atomic E-state index is 7.91. The van der Waals surface area contributed by atoms with Gasteiger partial charge in [-0.15, -0.1) is 5.26 Å². The Hall–Kier alpha value is -1.50. The van der Waals surface area contributed by atoms with Gasteiger partial charge in [0.25, 0.3) is 6.26 Å². The summed E-state index contributed by atoms with van der Waals surface area (Å²) < 4.78 is 4.28. The largest absolute Gasteiger partial charge is 0.350 e. The zero-order chi connectivity index (χ0) is 5.82. The Labute approximate surface area is 45.7 Å². The third kappa shape index (κ3) is 0.763. The molecule has 0 aromatic carbocycles. The zero-order valence-corrected chi connectivity index (χ0v) is 3.96. The summed E-state index contributed by atoms with van der Waals surface area (Å²) in [5.41, 5.74) is 0. The Kier molecular flexibility index (Phi) is 1.15. The third-order valence-corrected chi connectivity index (χ3v) is 0.615. The summed E-state index contributed by atoms with van der Waals surface area (Å²) in [5, 5.41) is 7.91. The highest BCUT2D eigenvalue weighted by molar-refractivity contribution is 4.94. The summed E-state index contributed by atoms with van der Waals surface area (Å²) in [6, 6.07) is 0.229. The molecule has 1 N–H and O–H groups in total. The molecule has 0 aliphatic heterocycles. The number of nitriles is 1. The van der Waals surface area contributed by atoms with Gasteiger partial charge in [0.05, 0.1) is 0 Å². The van der Waals surface area contributed by atoms with Gasteiger partial charge in [-0.3, -0.25) is 0 Å². The van der Waals surface area contributed by atoms with Crippen LogP contribution >= 0.6 is 0 Å². The van der Waals surface area contributed by atoms with Gasteiger partial charge in [-0.2, -0.15) is 0 Å². The Bertz CT molecular complexity index is 186. The van der Waals surface area contributed by atoms with Gasteiger partial charge in [0, 0.05) is 12.4 Å². The summed E-state index contributed by atoms with van der Waals surface area (Å²) in [6.45, 7) is 0. The van der Waals surface area contributed by atoms with E-state index in [9.17, 15) is 0 Å². The predicted octanol–water partition coefficient (Wildman–Crippen LogP) is 0.270. The van der Waals surface area contributed by atoms with Crippen LogP contribution in [-0.2, 0) is 0 Å². The molecular weight excluding hydrogens is 106 g/mol. The molecule has 0 radical (unpaired) electrons. The second-order valence-corrected chi connectivity index (χ2v) is 1.09. The second-order valence-electron chi connectivity index (χ2n) is 1.09. The SMILES string of the molecule is N#COc1ncc[nH]1. The van der Waals surface area contributed by atoms with E-state index in [1.807, 2.05) is 0 Å². The first-order valence-corrected chi connectivity index (χ1v) is 1.99. The van der Waals surface area contributed by atoms with Crippen LogP contribution in [0.4, 0.5) is 0 Å². The lowest BCUT2D eigenvalue weighted by atomic mass is 11.0. The molecule has 1 aromatic heterocycles. The van der Waals surface area contributed by atoms with Crippen LogP contribution in [0.1, 0.15) is 0 Å². The molecule has 4 heteroatoms. The molecule has 0 aliphatic rings. The van der Waals surface area contributed by atoms with E-state index < -0.39 is 0 Å². The number of hydrogen-bond donors (Lipinski definition) is 1. The number of rotatable bonds is 1. The van der Waals surface area contributed by atoms with Gasteiger partial charge >= 0.3 is 6.01 Å². The van der Waals surface area contributed by atoms with Gasteiger partial charge in [0.1, 0.15) is 0 Å². The molecule has 0 saturated carbocycles. The first-order chi connectivity index (χ1) is 3.93. The topological polar surface area (TPSA) is 61.7 Å². The van der Waals surface area contributed by atoms with Gasteiger partial charge in [0.2, 0.25) is 0 Å². The second kappa shape index (κ2) is 1.98. The highest BCUT2D eigenvalue weighted by Gasteiger charge is 1.88. The Morgan fingerprint density at radius 3 is 3.25 bits per heavy atom. The van der Waals surface area contributed by atoms with Crippen molar-refractivity contribution in [3.8, 4) is 12.3 Å². The summed E-state index contributed by atoms with van der Waals surface area (Å²) in [5.74, 6) is 0. The molecular formula is C4H3N3O. The summed E-state index contributed by atoms with van der Waals surface area (Å²) in [7, 11) is 0. The number of hydrogen-bond acceptors (Lipinski definition) is 3. The molecule has 0 spiro atoms. The molecule has 40 valence electrons. The fraction of sp³-hybridized carbons (Fsp3) is 0. The van der Waals surface area contributed by atoms with Gasteiger partial charge in [-0.25, -0.2) is 4.98 Å². The molecule has 0 unspecified atom stereocenters. The first-order valence-electron chi connectivity index (χ1n) is 1.99. The molecule has 1 aromatic rings. The van der Waals surface area contributed by atoms with Crippen LogP contribution in [-0.4, -0.2) is 9.97 Å². The van der Waals surface area contributed by atoms with E-state index in [0.29, 0.717) is 0 Å². The predicted molar refractivity (Wildman–Crippen MR) is 24.8 cm³/mol. The van der Waals surface area contributed by atoms with Crippen molar-refractivity contribution in [3.05, 3.63) is 12.4 Å². The average molecular weight is 109 g/mol. The summed E-state index contributed by atoms with van der Waals surface area (Å²) >= 11 is 0. The molecule has 0 fully saturated rings. The molecule has 8 heavy (non-hydrogen) atoms. The molecule has 4 nitrogen and oxygen atoms in total. The Morgan fingerprint density at radius 2 is 2.75 bits per heavy atom. The number of imidazole rings is 1. The molecule has 0 amide bonds. The van der Waals surface area contributed by atoms with Crippen LogP contribution in [0.3, 0.4) is 0 Å². The van der Waals surface area contributed by atoms with Crippen LogP contribution in [0.2, 0.25) is 0 Å². The fourth-order valence-corrected chi connectivity index (χ4v) is 0.350. The smallest absolute Gasteiger partial charge is 0.310 e. The number of ether oxygens (including phenoxy) is 1. The molecule has 1 rings (SSSR count). The zero-order valence-electron chi connectivity index (χ0n) is 3.96.